The van der Waals surface area contributed by atoms with Gasteiger partial charge in [0.1, 0.15) is 12.4 Å². The molecule has 0 unspecified atom stereocenters. The quantitative estimate of drug-likeness (QED) is 0.678. The van der Waals surface area contributed by atoms with Crippen LogP contribution in [-0.2, 0) is 19.1 Å². The van der Waals surface area contributed by atoms with Gasteiger partial charge in [-0.05, 0) is 36.6 Å². The van der Waals surface area contributed by atoms with Crippen molar-refractivity contribution in [3.63, 3.8) is 0 Å². The van der Waals surface area contributed by atoms with Crippen LogP contribution in [0.1, 0.15) is 24.4 Å². The third kappa shape index (κ3) is 4.47. The largest absolute Gasteiger partial charge is 0.469 e. The molecule has 6 nitrogen and oxygen atoms in total. The highest BCUT2D eigenvalue weighted by atomic mass is 19.1. The summed E-state index contributed by atoms with van der Waals surface area (Å²) in [5.74, 6) is 0.0627. The van der Waals surface area contributed by atoms with E-state index in [0.717, 1.165) is 31.6 Å². The minimum Gasteiger partial charge on any atom is -0.469 e. The Kier molecular flexibility index (Phi) is 6.44. The number of halogens is 1. The minimum atomic E-state index is -0.289. The van der Waals surface area contributed by atoms with Crippen molar-refractivity contribution in [2.24, 2.45) is 11.8 Å². The van der Waals surface area contributed by atoms with Gasteiger partial charge in [0.05, 0.1) is 13.2 Å². The van der Waals surface area contributed by atoms with Crippen LogP contribution in [-0.4, -0.2) is 68.7 Å². The molecular formula is C20H27FN2O4. The standard InChI is InChI=1S/C20H27FN2O4/c1-26-13-18(24)23-11-15-10-22(8-4-7-19(25)27-2)12-17(15)20(23)14-5-3-6-16(21)9-14/h3,5-6,9,15,17,20H,4,7-8,10-13H2,1-2H3/t15-,17-,20+/m1/s1. The highest BCUT2D eigenvalue weighted by Gasteiger charge is 2.48. The molecule has 0 aromatic heterocycles. The molecule has 2 fully saturated rings. The summed E-state index contributed by atoms with van der Waals surface area (Å²) in [7, 11) is 2.91. The fourth-order valence-electron chi connectivity index (χ4n) is 4.45. The van der Waals surface area contributed by atoms with Gasteiger partial charge in [-0.1, -0.05) is 12.1 Å². The average molecular weight is 378 g/mol. The van der Waals surface area contributed by atoms with E-state index >= 15 is 0 Å². The van der Waals surface area contributed by atoms with Gasteiger partial charge >= 0.3 is 5.97 Å². The molecule has 0 saturated carbocycles. The van der Waals surface area contributed by atoms with Gasteiger partial charge < -0.3 is 19.3 Å². The number of rotatable bonds is 7. The molecule has 3 rings (SSSR count). The van der Waals surface area contributed by atoms with Crippen LogP contribution >= 0.6 is 0 Å². The number of carbonyl (C=O) groups excluding carboxylic acids is 2. The van der Waals surface area contributed by atoms with Crippen molar-refractivity contribution in [3.05, 3.63) is 35.6 Å². The number of esters is 1. The lowest BCUT2D eigenvalue weighted by Gasteiger charge is -2.30. The molecule has 0 bridgehead atoms. The summed E-state index contributed by atoms with van der Waals surface area (Å²) in [6.07, 6.45) is 1.16. The van der Waals surface area contributed by atoms with Crippen LogP contribution in [0, 0.1) is 17.7 Å². The molecular weight excluding hydrogens is 351 g/mol. The molecule has 7 heteroatoms. The molecule has 0 spiro atoms. The van der Waals surface area contributed by atoms with Gasteiger partial charge in [0, 0.05) is 39.1 Å². The van der Waals surface area contributed by atoms with Crippen molar-refractivity contribution in [3.8, 4) is 0 Å². The third-order valence-corrected chi connectivity index (χ3v) is 5.60. The number of carbonyl (C=O) groups is 2. The molecule has 1 aromatic carbocycles. The smallest absolute Gasteiger partial charge is 0.305 e. The minimum absolute atomic E-state index is 0.0358. The van der Waals surface area contributed by atoms with Gasteiger partial charge in [-0.2, -0.15) is 0 Å². The topological polar surface area (TPSA) is 59.1 Å². The Balaban J connectivity index is 1.71. The summed E-state index contributed by atoms with van der Waals surface area (Å²) in [5.41, 5.74) is 0.836. The summed E-state index contributed by atoms with van der Waals surface area (Å²) in [4.78, 5) is 28.0. The zero-order valence-electron chi connectivity index (χ0n) is 15.9. The Morgan fingerprint density at radius 1 is 1.22 bits per heavy atom. The fourth-order valence-corrected chi connectivity index (χ4v) is 4.45. The van der Waals surface area contributed by atoms with Gasteiger partial charge in [-0.25, -0.2) is 4.39 Å². The molecule has 0 aliphatic carbocycles. The summed E-state index contributed by atoms with van der Waals surface area (Å²) in [5, 5.41) is 0. The lowest BCUT2D eigenvalue weighted by atomic mass is 9.89. The van der Waals surface area contributed by atoms with E-state index in [4.69, 9.17) is 9.47 Å². The van der Waals surface area contributed by atoms with Crippen molar-refractivity contribution in [2.75, 3.05) is 47.0 Å². The first kappa shape index (κ1) is 19.8. The maximum absolute atomic E-state index is 13.8. The molecule has 2 heterocycles. The van der Waals surface area contributed by atoms with Crippen molar-refractivity contribution in [2.45, 2.75) is 18.9 Å². The number of fused-ring (bicyclic) bond motifs is 1. The van der Waals surface area contributed by atoms with E-state index in [1.807, 2.05) is 11.0 Å². The summed E-state index contributed by atoms with van der Waals surface area (Å²) in [6.45, 7) is 3.23. The van der Waals surface area contributed by atoms with E-state index in [1.54, 1.807) is 6.07 Å². The van der Waals surface area contributed by atoms with E-state index in [9.17, 15) is 14.0 Å². The fraction of sp³-hybridized carbons (Fsp3) is 0.600. The first-order valence-electron chi connectivity index (χ1n) is 9.36. The van der Waals surface area contributed by atoms with E-state index in [-0.39, 0.29) is 36.3 Å². The van der Waals surface area contributed by atoms with E-state index in [0.29, 0.717) is 18.9 Å². The monoisotopic (exact) mass is 378 g/mol. The van der Waals surface area contributed by atoms with Crippen LogP contribution in [0.2, 0.25) is 0 Å². The first-order valence-corrected chi connectivity index (χ1v) is 9.36. The molecule has 2 saturated heterocycles. The second-order valence-electron chi connectivity index (χ2n) is 7.34. The molecule has 2 aliphatic heterocycles. The maximum atomic E-state index is 13.8. The van der Waals surface area contributed by atoms with E-state index < -0.39 is 0 Å². The maximum Gasteiger partial charge on any atom is 0.305 e. The molecule has 27 heavy (non-hydrogen) atoms. The predicted octanol–water partition coefficient (Wildman–Crippen LogP) is 1.86. The van der Waals surface area contributed by atoms with Gasteiger partial charge in [-0.3, -0.25) is 9.59 Å². The Morgan fingerprint density at radius 3 is 2.74 bits per heavy atom. The number of hydrogen-bond acceptors (Lipinski definition) is 5. The van der Waals surface area contributed by atoms with Crippen LogP contribution in [0.15, 0.2) is 24.3 Å². The molecule has 0 radical (unpaired) electrons. The molecule has 2 aliphatic rings. The van der Waals surface area contributed by atoms with Crippen LogP contribution in [0.5, 0.6) is 0 Å². The number of amides is 1. The predicted molar refractivity (Wildman–Crippen MR) is 97.4 cm³/mol. The van der Waals surface area contributed by atoms with Crippen LogP contribution in [0.4, 0.5) is 4.39 Å². The third-order valence-electron chi connectivity index (χ3n) is 5.60. The highest BCUT2D eigenvalue weighted by molar-refractivity contribution is 5.78. The second-order valence-corrected chi connectivity index (χ2v) is 7.34. The van der Waals surface area contributed by atoms with E-state index in [2.05, 4.69) is 4.90 Å². The zero-order chi connectivity index (χ0) is 19.4. The number of nitrogens with zero attached hydrogens (tertiary/aromatic N) is 2. The lowest BCUT2D eigenvalue weighted by molar-refractivity contribution is -0.141. The van der Waals surface area contributed by atoms with Gasteiger partial charge in [0.15, 0.2) is 0 Å². The summed E-state index contributed by atoms with van der Waals surface area (Å²) in [6, 6.07) is 6.40. The van der Waals surface area contributed by atoms with Gasteiger partial charge in [-0.15, -0.1) is 0 Å². The Bertz CT molecular complexity index is 684. The SMILES string of the molecule is COCC(=O)N1C[C@H]2CN(CCCC(=O)OC)C[C@H]2[C@@H]1c1cccc(F)c1. The molecule has 3 atom stereocenters. The summed E-state index contributed by atoms with van der Waals surface area (Å²) < 4.78 is 23.5. The van der Waals surface area contributed by atoms with Gasteiger partial charge in [0.2, 0.25) is 5.91 Å². The number of ether oxygens (including phenoxy) is 2. The number of likely N-dealkylation sites (tertiary alicyclic amines) is 2. The summed E-state index contributed by atoms with van der Waals surface area (Å²) >= 11 is 0. The molecule has 0 N–H and O–H groups in total. The first-order chi connectivity index (χ1) is 13.0. The molecule has 148 valence electrons. The molecule has 1 amide bonds. The Labute approximate surface area is 159 Å². The van der Waals surface area contributed by atoms with E-state index in [1.165, 1.54) is 26.4 Å². The zero-order valence-corrected chi connectivity index (χ0v) is 15.9. The van der Waals surface area contributed by atoms with Crippen LogP contribution < -0.4 is 0 Å². The average Bonchev–Trinajstić information content (AvgIpc) is 3.19. The van der Waals surface area contributed by atoms with Crippen LogP contribution in [0.25, 0.3) is 0 Å². The number of benzene rings is 1. The highest BCUT2D eigenvalue weighted by Crippen LogP contribution is 2.45. The molecule has 1 aromatic rings. The number of hydrogen-bond donors (Lipinski definition) is 0. The van der Waals surface area contributed by atoms with Crippen molar-refractivity contribution in [1.82, 2.24) is 9.80 Å². The lowest BCUT2D eigenvalue weighted by Crippen LogP contribution is -2.37. The van der Waals surface area contributed by atoms with Crippen molar-refractivity contribution >= 4 is 11.9 Å². The second kappa shape index (κ2) is 8.80. The van der Waals surface area contributed by atoms with Crippen LogP contribution in [0.3, 0.4) is 0 Å². The van der Waals surface area contributed by atoms with Crippen molar-refractivity contribution in [1.29, 1.82) is 0 Å². The Morgan fingerprint density at radius 2 is 2.04 bits per heavy atom. The normalized spacial score (nSPS) is 24.9. The van der Waals surface area contributed by atoms with Crippen molar-refractivity contribution < 1.29 is 23.5 Å². The Hall–Kier alpha value is -1.99. The van der Waals surface area contributed by atoms with Gasteiger partial charge in [0.25, 0.3) is 0 Å². The number of methoxy groups -OCH3 is 2.